The summed E-state index contributed by atoms with van der Waals surface area (Å²) in [7, 11) is 0. The summed E-state index contributed by atoms with van der Waals surface area (Å²) in [5.74, 6) is 0.550. The van der Waals surface area contributed by atoms with Gasteiger partial charge in [0.05, 0.1) is 6.61 Å². The zero-order valence-corrected chi connectivity index (χ0v) is 7.29. The molecule has 0 spiro atoms. The van der Waals surface area contributed by atoms with E-state index in [0.29, 0.717) is 12.4 Å². The molecule has 3 heteroatoms. The van der Waals surface area contributed by atoms with E-state index in [1.807, 2.05) is 6.07 Å². The van der Waals surface area contributed by atoms with E-state index in [4.69, 9.17) is 10.5 Å². The topological polar surface area (TPSA) is 48.1 Å². The van der Waals surface area contributed by atoms with Crippen LogP contribution in [0.1, 0.15) is 18.9 Å². The van der Waals surface area contributed by atoms with Gasteiger partial charge < -0.3 is 10.5 Å². The molecule has 0 aliphatic heterocycles. The van der Waals surface area contributed by atoms with E-state index >= 15 is 0 Å². The maximum atomic E-state index is 5.43. The summed E-state index contributed by atoms with van der Waals surface area (Å²) < 4.78 is 5.33. The number of anilines is 1. The van der Waals surface area contributed by atoms with E-state index in [-0.39, 0.29) is 0 Å². The third kappa shape index (κ3) is 2.88. The zero-order chi connectivity index (χ0) is 8.81. The monoisotopic (exact) mass is 166 g/mol. The Bertz CT molecular complexity index is 220. The summed E-state index contributed by atoms with van der Waals surface area (Å²) in [6, 6.07) is 3.71. The maximum absolute atomic E-state index is 5.43. The molecular formula is C9H14N2O. The standard InChI is InChI=1S/C9H14N2O/c1-2-5-12-7-8-3-4-9(10)11-6-8/h3-4,6H,2,5,7H2,1H3,(H2,10,11). The Morgan fingerprint density at radius 1 is 1.50 bits per heavy atom. The first-order valence-corrected chi connectivity index (χ1v) is 4.11. The van der Waals surface area contributed by atoms with Crippen LogP contribution in [0.3, 0.4) is 0 Å². The summed E-state index contributed by atoms with van der Waals surface area (Å²) in [4.78, 5) is 3.96. The minimum absolute atomic E-state index is 0.550. The Kier molecular flexibility index (Phi) is 3.54. The molecule has 0 radical (unpaired) electrons. The lowest BCUT2D eigenvalue weighted by atomic mass is 10.3. The number of nitrogens with two attached hydrogens (primary N) is 1. The highest BCUT2D eigenvalue weighted by Gasteiger charge is 1.92. The number of nitrogens with zero attached hydrogens (tertiary/aromatic N) is 1. The van der Waals surface area contributed by atoms with Gasteiger partial charge in [0.2, 0.25) is 0 Å². The molecular weight excluding hydrogens is 152 g/mol. The molecule has 1 aromatic heterocycles. The lowest BCUT2D eigenvalue weighted by molar-refractivity contribution is 0.121. The smallest absolute Gasteiger partial charge is 0.123 e. The lowest BCUT2D eigenvalue weighted by Crippen LogP contribution is -1.96. The van der Waals surface area contributed by atoms with Crippen LogP contribution in [0.2, 0.25) is 0 Å². The molecule has 0 aromatic carbocycles. The van der Waals surface area contributed by atoms with Crippen LogP contribution in [0.4, 0.5) is 5.82 Å². The van der Waals surface area contributed by atoms with Crippen LogP contribution in [-0.2, 0) is 11.3 Å². The Morgan fingerprint density at radius 2 is 2.33 bits per heavy atom. The van der Waals surface area contributed by atoms with E-state index < -0.39 is 0 Å². The third-order valence-corrected chi connectivity index (χ3v) is 1.46. The van der Waals surface area contributed by atoms with E-state index in [0.717, 1.165) is 18.6 Å². The molecule has 0 saturated heterocycles. The van der Waals surface area contributed by atoms with Gasteiger partial charge in [0.1, 0.15) is 5.82 Å². The maximum Gasteiger partial charge on any atom is 0.123 e. The highest BCUT2D eigenvalue weighted by molar-refractivity contribution is 5.28. The van der Waals surface area contributed by atoms with Crippen LogP contribution in [0.25, 0.3) is 0 Å². The van der Waals surface area contributed by atoms with Gasteiger partial charge >= 0.3 is 0 Å². The molecule has 1 aromatic rings. The number of rotatable bonds is 4. The molecule has 0 aliphatic rings. The van der Waals surface area contributed by atoms with Crippen molar-refractivity contribution < 1.29 is 4.74 Å². The molecule has 0 saturated carbocycles. The normalized spacial score (nSPS) is 10.1. The quantitative estimate of drug-likeness (QED) is 0.691. The van der Waals surface area contributed by atoms with E-state index in [1.54, 1.807) is 12.3 Å². The van der Waals surface area contributed by atoms with E-state index in [9.17, 15) is 0 Å². The fourth-order valence-corrected chi connectivity index (χ4v) is 0.856. The first-order chi connectivity index (χ1) is 5.83. The Labute approximate surface area is 72.6 Å². The zero-order valence-electron chi connectivity index (χ0n) is 7.29. The van der Waals surface area contributed by atoms with Crippen molar-refractivity contribution in [2.45, 2.75) is 20.0 Å². The lowest BCUT2D eigenvalue weighted by Gasteiger charge is -2.01. The van der Waals surface area contributed by atoms with E-state index in [2.05, 4.69) is 11.9 Å². The molecule has 1 heterocycles. The van der Waals surface area contributed by atoms with Gasteiger partial charge in [-0.1, -0.05) is 13.0 Å². The van der Waals surface area contributed by atoms with Crippen molar-refractivity contribution in [2.75, 3.05) is 12.3 Å². The number of nitrogen functional groups attached to an aromatic ring is 1. The predicted octanol–water partition coefficient (Wildman–Crippen LogP) is 1.59. The SMILES string of the molecule is CCCOCc1ccc(N)nc1. The second-order valence-electron chi connectivity index (χ2n) is 2.64. The van der Waals surface area contributed by atoms with Gasteiger partial charge in [-0.15, -0.1) is 0 Å². The van der Waals surface area contributed by atoms with Crippen molar-refractivity contribution in [3.8, 4) is 0 Å². The van der Waals surface area contributed by atoms with Gasteiger partial charge in [0.15, 0.2) is 0 Å². The van der Waals surface area contributed by atoms with Crippen molar-refractivity contribution in [1.82, 2.24) is 4.98 Å². The Morgan fingerprint density at radius 3 is 2.92 bits per heavy atom. The molecule has 0 atom stereocenters. The van der Waals surface area contributed by atoms with Crippen LogP contribution in [0.5, 0.6) is 0 Å². The van der Waals surface area contributed by atoms with Crippen LogP contribution in [-0.4, -0.2) is 11.6 Å². The van der Waals surface area contributed by atoms with E-state index in [1.165, 1.54) is 0 Å². The number of hydrogen-bond donors (Lipinski definition) is 1. The van der Waals surface area contributed by atoms with Crippen LogP contribution in [0, 0.1) is 0 Å². The Balaban J connectivity index is 2.37. The molecule has 0 unspecified atom stereocenters. The fraction of sp³-hybridized carbons (Fsp3) is 0.444. The first-order valence-electron chi connectivity index (χ1n) is 4.11. The van der Waals surface area contributed by atoms with Gasteiger partial charge in [-0.05, 0) is 18.1 Å². The summed E-state index contributed by atoms with van der Waals surface area (Å²) in [5, 5.41) is 0. The van der Waals surface area contributed by atoms with Gasteiger partial charge in [0.25, 0.3) is 0 Å². The molecule has 12 heavy (non-hydrogen) atoms. The van der Waals surface area contributed by atoms with Crippen molar-refractivity contribution >= 4 is 5.82 Å². The molecule has 0 bridgehead atoms. The first kappa shape index (κ1) is 9.00. The summed E-state index contributed by atoms with van der Waals surface area (Å²) in [5.41, 5.74) is 6.50. The van der Waals surface area contributed by atoms with Crippen molar-refractivity contribution in [3.05, 3.63) is 23.9 Å². The Hall–Kier alpha value is -1.09. The molecule has 0 amide bonds. The van der Waals surface area contributed by atoms with Gasteiger partial charge in [-0.25, -0.2) is 4.98 Å². The van der Waals surface area contributed by atoms with Crippen LogP contribution >= 0.6 is 0 Å². The highest BCUT2D eigenvalue weighted by Crippen LogP contribution is 2.02. The largest absolute Gasteiger partial charge is 0.384 e. The van der Waals surface area contributed by atoms with Gasteiger partial charge in [0, 0.05) is 12.8 Å². The third-order valence-electron chi connectivity index (χ3n) is 1.46. The molecule has 1 rings (SSSR count). The molecule has 66 valence electrons. The number of hydrogen-bond acceptors (Lipinski definition) is 3. The molecule has 2 N–H and O–H groups in total. The summed E-state index contributed by atoms with van der Waals surface area (Å²) in [6.45, 7) is 3.51. The minimum atomic E-state index is 0.550. The molecule has 0 aliphatic carbocycles. The summed E-state index contributed by atoms with van der Waals surface area (Å²) >= 11 is 0. The van der Waals surface area contributed by atoms with Gasteiger partial charge in [-0.2, -0.15) is 0 Å². The van der Waals surface area contributed by atoms with Crippen molar-refractivity contribution in [1.29, 1.82) is 0 Å². The number of ether oxygens (including phenoxy) is 1. The van der Waals surface area contributed by atoms with Crippen molar-refractivity contribution in [2.24, 2.45) is 0 Å². The van der Waals surface area contributed by atoms with Crippen molar-refractivity contribution in [3.63, 3.8) is 0 Å². The highest BCUT2D eigenvalue weighted by atomic mass is 16.5. The van der Waals surface area contributed by atoms with Gasteiger partial charge in [-0.3, -0.25) is 0 Å². The molecule has 0 fully saturated rings. The van der Waals surface area contributed by atoms with Crippen LogP contribution in [0.15, 0.2) is 18.3 Å². The fourth-order valence-electron chi connectivity index (χ4n) is 0.856. The average Bonchev–Trinajstić information content (AvgIpc) is 2.09. The minimum Gasteiger partial charge on any atom is -0.384 e. The predicted molar refractivity (Wildman–Crippen MR) is 48.6 cm³/mol. The molecule has 3 nitrogen and oxygen atoms in total. The number of aromatic nitrogens is 1. The second kappa shape index (κ2) is 4.72. The van der Waals surface area contributed by atoms with Crippen LogP contribution < -0.4 is 5.73 Å². The number of pyridine rings is 1. The summed E-state index contributed by atoms with van der Waals surface area (Å²) in [6.07, 6.45) is 2.79. The average molecular weight is 166 g/mol. The second-order valence-corrected chi connectivity index (χ2v) is 2.64.